The number of hydrogen-bond donors (Lipinski definition) is 1. The standard InChI is InChI=1S/C24H29NO5S2/c1-13(2)30-24(28)21-16-9-8-14(3)10-18(16)32-22(21)25-20(26)12-29-23(27)19-11-15-6-4-5-7-17(15)31-19/h11,13-14H,4-10,12H2,1-3H3,(H,25,26). The Balaban J connectivity index is 1.43. The third-order valence-electron chi connectivity index (χ3n) is 5.84. The zero-order valence-corrected chi connectivity index (χ0v) is 20.4. The van der Waals surface area contributed by atoms with E-state index in [0.717, 1.165) is 55.4 Å². The zero-order chi connectivity index (χ0) is 22.8. The van der Waals surface area contributed by atoms with E-state index < -0.39 is 17.8 Å². The Kier molecular flexibility index (Phi) is 7.00. The highest BCUT2D eigenvalue weighted by atomic mass is 32.1. The molecule has 2 aliphatic carbocycles. The number of anilines is 1. The van der Waals surface area contributed by atoms with Gasteiger partial charge in [-0.25, -0.2) is 9.59 Å². The van der Waals surface area contributed by atoms with Crippen molar-refractivity contribution < 1.29 is 23.9 Å². The second-order valence-corrected chi connectivity index (χ2v) is 11.1. The number of nitrogens with one attached hydrogen (secondary N) is 1. The van der Waals surface area contributed by atoms with Gasteiger partial charge in [0, 0.05) is 9.75 Å². The third-order valence-corrected chi connectivity index (χ3v) is 8.23. The van der Waals surface area contributed by atoms with Crippen molar-refractivity contribution in [3.8, 4) is 0 Å². The van der Waals surface area contributed by atoms with Crippen molar-refractivity contribution in [3.63, 3.8) is 0 Å². The summed E-state index contributed by atoms with van der Waals surface area (Å²) in [5.74, 6) is -0.803. The SMILES string of the molecule is CC1CCc2c(sc(NC(=O)COC(=O)c3cc4c(s3)CCCC4)c2C(=O)OC(C)C)C1. The fraction of sp³-hybridized carbons (Fsp3) is 0.542. The van der Waals surface area contributed by atoms with Gasteiger partial charge in [0.2, 0.25) is 0 Å². The molecule has 0 fully saturated rings. The van der Waals surface area contributed by atoms with Crippen LogP contribution in [0.15, 0.2) is 6.07 Å². The van der Waals surface area contributed by atoms with Crippen molar-refractivity contribution in [1.29, 1.82) is 0 Å². The third kappa shape index (κ3) is 5.07. The van der Waals surface area contributed by atoms with Gasteiger partial charge in [0.25, 0.3) is 5.91 Å². The van der Waals surface area contributed by atoms with Crippen molar-refractivity contribution in [2.75, 3.05) is 11.9 Å². The number of esters is 2. The summed E-state index contributed by atoms with van der Waals surface area (Å²) >= 11 is 2.89. The van der Waals surface area contributed by atoms with Gasteiger partial charge in [-0.15, -0.1) is 22.7 Å². The molecule has 1 amide bonds. The summed E-state index contributed by atoms with van der Waals surface area (Å²) in [6.45, 7) is 5.41. The molecule has 0 radical (unpaired) electrons. The van der Waals surface area contributed by atoms with Gasteiger partial charge in [-0.05, 0) is 81.9 Å². The average Bonchev–Trinajstić information content (AvgIpc) is 3.32. The molecule has 8 heteroatoms. The average molecular weight is 476 g/mol. The first-order valence-electron chi connectivity index (χ1n) is 11.3. The smallest absolute Gasteiger partial charge is 0.348 e. The Morgan fingerprint density at radius 2 is 1.88 bits per heavy atom. The summed E-state index contributed by atoms with van der Waals surface area (Å²) in [5.41, 5.74) is 2.66. The van der Waals surface area contributed by atoms with Gasteiger partial charge in [0.15, 0.2) is 6.61 Å². The Morgan fingerprint density at radius 1 is 1.09 bits per heavy atom. The molecule has 2 aromatic rings. The quantitative estimate of drug-likeness (QED) is 0.583. The zero-order valence-electron chi connectivity index (χ0n) is 18.7. The Bertz CT molecular complexity index is 1010. The predicted octanol–water partition coefficient (Wildman–Crippen LogP) is 5.17. The van der Waals surface area contributed by atoms with Crippen molar-refractivity contribution >= 4 is 45.5 Å². The Morgan fingerprint density at radius 3 is 2.62 bits per heavy atom. The van der Waals surface area contributed by atoms with Crippen molar-refractivity contribution in [2.45, 2.75) is 71.8 Å². The van der Waals surface area contributed by atoms with Crippen LogP contribution in [0.2, 0.25) is 0 Å². The van der Waals surface area contributed by atoms with Crippen LogP contribution in [0.5, 0.6) is 0 Å². The van der Waals surface area contributed by atoms with E-state index in [4.69, 9.17) is 9.47 Å². The Hall–Kier alpha value is -2.19. The number of fused-ring (bicyclic) bond motifs is 2. The number of amides is 1. The molecular formula is C24H29NO5S2. The van der Waals surface area contributed by atoms with E-state index in [0.29, 0.717) is 21.4 Å². The summed E-state index contributed by atoms with van der Waals surface area (Å²) in [6.07, 6.45) is 6.73. The topological polar surface area (TPSA) is 81.7 Å². The lowest BCUT2D eigenvalue weighted by Crippen LogP contribution is -2.22. The minimum atomic E-state index is -0.474. The molecule has 0 aromatic carbocycles. The lowest BCUT2D eigenvalue weighted by atomic mass is 9.88. The van der Waals surface area contributed by atoms with Crippen LogP contribution in [0.3, 0.4) is 0 Å². The summed E-state index contributed by atoms with van der Waals surface area (Å²) in [6, 6.07) is 1.90. The predicted molar refractivity (Wildman–Crippen MR) is 126 cm³/mol. The van der Waals surface area contributed by atoms with Crippen LogP contribution in [0, 0.1) is 5.92 Å². The van der Waals surface area contributed by atoms with Gasteiger partial charge < -0.3 is 14.8 Å². The van der Waals surface area contributed by atoms with Crippen molar-refractivity contribution in [2.24, 2.45) is 5.92 Å². The molecule has 2 aliphatic rings. The first-order valence-corrected chi connectivity index (χ1v) is 12.9. The van der Waals surface area contributed by atoms with Gasteiger partial charge in [-0.3, -0.25) is 4.79 Å². The summed E-state index contributed by atoms with van der Waals surface area (Å²) in [5, 5.41) is 3.29. The molecule has 4 rings (SSSR count). The summed E-state index contributed by atoms with van der Waals surface area (Å²) in [4.78, 5) is 40.7. The van der Waals surface area contributed by atoms with E-state index >= 15 is 0 Å². The number of rotatable bonds is 6. The number of carbonyl (C=O) groups excluding carboxylic acids is 3. The largest absolute Gasteiger partial charge is 0.459 e. The molecule has 1 atom stereocenters. The minimum absolute atomic E-state index is 0.248. The minimum Gasteiger partial charge on any atom is -0.459 e. The molecule has 0 bridgehead atoms. The normalized spacial score (nSPS) is 17.4. The molecule has 0 saturated heterocycles. The molecule has 32 heavy (non-hydrogen) atoms. The molecule has 1 N–H and O–H groups in total. The molecule has 0 aliphatic heterocycles. The Labute approximate surface area is 196 Å². The van der Waals surface area contributed by atoms with Crippen LogP contribution >= 0.6 is 22.7 Å². The number of thiophene rings is 2. The maximum atomic E-state index is 12.8. The number of carbonyl (C=O) groups is 3. The summed E-state index contributed by atoms with van der Waals surface area (Å²) in [7, 11) is 0. The first kappa shape index (κ1) is 23.0. The van der Waals surface area contributed by atoms with Crippen LogP contribution in [0.4, 0.5) is 5.00 Å². The molecule has 2 heterocycles. The lowest BCUT2D eigenvalue weighted by molar-refractivity contribution is -0.119. The van der Waals surface area contributed by atoms with E-state index in [2.05, 4.69) is 12.2 Å². The molecule has 0 saturated carbocycles. The van der Waals surface area contributed by atoms with Crippen LogP contribution in [-0.4, -0.2) is 30.6 Å². The van der Waals surface area contributed by atoms with E-state index in [9.17, 15) is 14.4 Å². The second kappa shape index (κ2) is 9.75. The maximum absolute atomic E-state index is 12.8. The highest BCUT2D eigenvalue weighted by Gasteiger charge is 2.30. The lowest BCUT2D eigenvalue weighted by Gasteiger charge is -2.18. The second-order valence-electron chi connectivity index (χ2n) is 8.90. The number of hydrogen-bond acceptors (Lipinski definition) is 7. The van der Waals surface area contributed by atoms with Gasteiger partial charge in [0.1, 0.15) is 9.88 Å². The molecule has 172 valence electrons. The number of aryl methyl sites for hydroxylation is 2. The molecule has 6 nitrogen and oxygen atoms in total. The van der Waals surface area contributed by atoms with Crippen LogP contribution in [0.25, 0.3) is 0 Å². The highest BCUT2D eigenvalue weighted by Crippen LogP contribution is 2.40. The molecule has 1 unspecified atom stereocenters. The summed E-state index contributed by atoms with van der Waals surface area (Å²) < 4.78 is 10.7. The fourth-order valence-electron chi connectivity index (χ4n) is 4.28. The fourth-order valence-corrected chi connectivity index (χ4v) is 6.85. The van der Waals surface area contributed by atoms with Crippen LogP contribution in [0.1, 0.15) is 80.9 Å². The van der Waals surface area contributed by atoms with E-state index in [1.807, 2.05) is 6.07 Å². The first-order chi connectivity index (χ1) is 15.3. The highest BCUT2D eigenvalue weighted by molar-refractivity contribution is 7.17. The monoisotopic (exact) mass is 475 g/mol. The van der Waals surface area contributed by atoms with E-state index in [1.165, 1.54) is 33.1 Å². The molecular weight excluding hydrogens is 446 g/mol. The maximum Gasteiger partial charge on any atom is 0.348 e. The van der Waals surface area contributed by atoms with Gasteiger partial charge >= 0.3 is 11.9 Å². The molecule has 2 aromatic heterocycles. The van der Waals surface area contributed by atoms with Gasteiger partial charge in [-0.2, -0.15) is 0 Å². The van der Waals surface area contributed by atoms with Crippen LogP contribution in [-0.2, 0) is 40.0 Å². The van der Waals surface area contributed by atoms with Gasteiger partial charge in [0.05, 0.1) is 11.7 Å². The van der Waals surface area contributed by atoms with Crippen LogP contribution < -0.4 is 5.32 Å². The number of ether oxygens (including phenoxy) is 2. The molecule has 0 spiro atoms. The van der Waals surface area contributed by atoms with E-state index in [1.54, 1.807) is 13.8 Å². The van der Waals surface area contributed by atoms with Crippen molar-refractivity contribution in [3.05, 3.63) is 37.4 Å². The van der Waals surface area contributed by atoms with E-state index in [-0.39, 0.29) is 12.7 Å². The van der Waals surface area contributed by atoms with Crippen molar-refractivity contribution in [1.82, 2.24) is 0 Å². The van der Waals surface area contributed by atoms with Gasteiger partial charge in [-0.1, -0.05) is 6.92 Å².